The lowest BCUT2D eigenvalue weighted by Gasteiger charge is -2.12. The van der Waals surface area contributed by atoms with Crippen LogP contribution in [0, 0.1) is 0 Å². The number of pyridine rings is 1. The van der Waals surface area contributed by atoms with Gasteiger partial charge in [0.2, 0.25) is 5.89 Å². The van der Waals surface area contributed by atoms with E-state index in [1.807, 2.05) is 0 Å². The van der Waals surface area contributed by atoms with E-state index >= 15 is 0 Å². The van der Waals surface area contributed by atoms with Gasteiger partial charge in [-0.15, -0.1) is 15.3 Å². The standard InChI is InChI=1S/C15H13F3N6O2/c16-12(17)14-22-21-13(26-14)9-1-2-10(19-5-9)6-24-7-11(20-23-24)15(18)3-4-25-8-15/h1-2,5,7,12H,3-4,6,8H2. The number of hydrogen-bond donors (Lipinski definition) is 0. The predicted molar refractivity (Wildman–Crippen MR) is 79.8 cm³/mol. The fraction of sp³-hybridized carbons (Fsp3) is 0.400. The van der Waals surface area contributed by atoms with Crippen molar-refractivity contribution in [2.45, 2.75) is 25.1 Å². The third-order valence-electron chi connectivity index (χ3n) is 3.99. The van der Waals surface area contributed by atoms with Gasteiger partial charge in [0.1, 0.15) is 5.69 Å². The SMILES string of the molecule is FC(F)c1nnc(-c2ccc(Cn3cc(C4(F)CCOC4)nn3)nc2)o1. The van der Waals surface area contributed by atoms with Crippen molar-refractivity contribution in [1.29, 1.82) is 0 Å². The van der Waals surface area contributed by atoms with Gasteiger partial charge < -0.3 is 9.15 Å². The molecule has 0 saturated carbocycles. The highest BCUT2D eigenvalue weighted by Gasteiger charge is 2.39. The Labute approximate surface area is 145 Å². The first-order valence-corrected chi connectivity index (χ1v) is 7.78. The van der Waals surface area contributed by atoms with E-state index in [-0.39, 0.29) is 31.2 Å². The van der Waals surface area contributed by atoms with E-state index in [9.17, 15) is 13.2 Å². The molecule has 4 rings (SSSR count). The highest BCUT2D eigenvalue weighted by Crippen LogP contribution is 2.33. The van der Waals surface area contributed by atoms with Crippen LogP contribution in [0.3, 0.4) is 0 Å². The minimum atomic E-state index is -2.82. The Morgan fingerprint density at radius 2 is 2.12 bits per heavy atom. The molecule has 1 unspecified atom stereocenters. The molecule has 0 amide bonds. The minimum absolute atomic E-state index is 0.0244. The molecule has 11 heteroatoms. The van der Waals surface area contributed by atoms with Crippen LogP contribution in [0.1, 0.15) is 30.1 Å². The van der Waals surface area contributed by atoms with Gasteiger partial charge in [0.05, 0.1) is 37.2 Å². The summed E-state index contributed by atoms with van der Waals surface area (Å²) < 4.78 is 50.9. The largest absolute Gasteiger partial charge is 0.415 e. The van der Waals surface area contributed by atoms with E-state index in [0.29, 0.717) is 17.9 Å². The van der Waals surface area contributed by atoms with Crippen LogP contribution in [0.25, 0.3) is 11.5 Å². The predicted octanol–water partition coefficient (Wildman–Crippen LogP) is 2.29. The molecule has 0 spiro atoms. The Morgan fingerprint density at radius 1 is 1.23 bits per heavy atom. The fourth-order valence-electron chi connectivity index (χ4n) is 2.57. The van der Waals surface area contributed by atoms with Gasteiger partial charge in [0, 0.05) is 12.6 Å². The summed E-state index contributed by atoms with van der Waals surface area (Å²) in [5.41, 5.74) is -0.333. The van der Waals surface area contributed by atoms with E-state index in [1.165, 1.54) is 17.1 Å². The lowest BCUT2D eigenvalue weighted by molar-refractivity contribution is 0.108. The molecule has 136 valence electrons. The molecule has 4 heterocycles. The maximum atomic E-state index is 14.6. The van der Waals surface area contributed by atoms with Crippen LogP contribution in [0.5, 0.6) is 0 Å². The van der Waals surface area contributed by atoms with Crippen LogP contribution < -0.4 is 0 Å². The molecule has 3 aromatic rings. The van der Waals surface area contributed by atoms with Gasteiger partial charge in [-0.3, -0.25) is 4.98 Å². The summed E-state index contributed by atoms with van der Waals surface area (Å²) in [5, 5.41) is 14.6. The van der Waals surface area contributed by atoms with Crippen molar-refractivity contribution in [3.8, 4) is 11.5 Å². The molecule has 1 fully saturated rings. The number of aromatic nitrogens is 6. The van der Waals surface area contributed by atoms with Crippen molar-refractivity contribution in [3.05, 3.63) is 41.8 Å². The third kappa shape index (κ3) is 3.17. The molecular formula is C15H13F3N6O2. The normalized spacial score (nSPS) is 20.2. The summed E-state index contributed by atoms with van der Waals surface area (Å²) in [5.74, 6) is -0.779. The molecule has 0 radical (unpaired) electrons. The zero-order chi connectivity index (χ0) is 18.1. The van der Waals surface area contributed by atoms with Crippen LogP contribution >= 0.6 is 0 Å². The minimum Gasteiger partial charge on any atom is -0.415 e. The molecule has 1 saturated heterocycles. The van der Waals surface area contributed by atoms with Gasteiger partial charge in [0.15, 0.2) is 5.67 Å². The second kappa shape index (κ2) is 6.48. The zero-order valence-corrected chi connectivity index (χ0v) is 13.3. The average molecular weight is 366 g/mol. The molecule has 26 heavy (non-hydrogen) atoms. The number of rotatable bonds is 5. The smallest absolute Gasteiger partial charge is 0.314 e. The molecule has 1 atom stereocenters. The molecule has 0 aromatic carbocycles. The topological polar surface area (TPSA) is 91.8 Å². The fourth-order valence-corrected chi connectivity index (χ4v) is 2.57. The quantitative estimate of drug-likeness (QED) is 0.684. The van der Waals surface area contributed by atoms with Gasteiger partial charge in [0.25, 0.3) is 5.89 Å². The molecule has 1 aliphatic rings. The zero-order valence-electron chi connectivity index (χ0n) is 13.3. The second-order valence-electron chi connectivity index (χ2n) is 5.85. The molecule has 8 nitrogen and oxygen atoms in total. The molecule has 0 aliphatic carbocycles. The highest BCUT2D eigenvalue weighted by atomic mass is 19.3. The Kier molecular flexibility index (Phi) is 4.15. The average Bonchev–Trinajstić information content (AvgIpc) is 3.36. The molecule has 0 bridgehead atoms. The van der Waals surface area contributed by atoms with Crippen LogP contribution in [0.2, 0.25) is 0 Å². The Balaban J connectivity index is 1.47. The van der Waals surface area contributed by atoms with Crippen molar-refractivity contribution >= 4 is 0 Å². The molecule has 3 aromatic heterocycles. The molecular weight excluding hydrogens is 353 g/mol. The monoisotopic (exact) mass is 366 g/mol. The first-order valence-electron chi connectivity index (χ1n) is 7.78. The van der Waals surface area contributed by atoms with Crippen molar-refractivity contribution in [1.82, 2.24) is 30.2 Å². The van der Waals surface area contributed by atoms with Crippen LogP contribution in [-0.2, 0) is 17.0 Å². The maximum Gasteiger partial charge on any atom is 0.314 e. The number of ether oxygens (including phenoxy) is 1. The Bertz CT molecular complexity index is 889. The van der Waals surface area contributed by atoms with E-state index in [1.54, 1.807) is 12.1 Å². The molecule has 0 N–H and O–H groups in total. The maximum absolute atomic E-state index is 14.6. The van der Waals surface area contributed by atoms with Crippen molar-refractivity contribution in [2.75, 3.05) is 13.2 Å². The van der Waals surface area contributed by atoms with Gasteiger partial charge in [-0.2, -0.15) is 8.78 Å². The molecule has 1 aliphatic heterocycles. The van der Waals surface area contributed by atoms with Crippen LogP contribution in [0.15, 0.2) is 28.9 Å². The van der Waals surface area contributed by atoms with Crippen molar-refractivity contribution in [2.24, 2.45) is 0 Å². The van der Waals surface area contributed by atoms with Gasteiger partial charge in [-0.1, -0.05) is 5.21 Å². The van der Waals surface area contributed by atoms with Gasteiger partial charge >= 0.3 is 6.43 Å². The van der Waals surface area contributed by atoms with E-state index in [4.69, 9.17) is 9.15 Å². The summed E-state index contributed by atoms with van der Waals surface area (Å²) in [6.07, 6.45) is 0.381. The van der Waals surface area contributed by atoms with Crippen molar-refractivity contribution < 1.29 is 22.3 Å². The van der Waals surface area contributed by atoms with Crippen molar-refractivity contribution in [3.63, 3.8) is 0 Å². The lowest BCUT2D eigenvalue weighted by Crippen LogP contribution is -2.20. The Morgan fingerprint density at radius 3 is 2.77 bits per heavy atom. The summed E-state index contributed by atoms with van der Waals surface area (Å²) in [6.45, 7) is 0.606. The van der Waals surface area contributed by atoms with Crippen LogP contribution in [-0.4, -0.2) is 43.4 Å². The highest BCUT2D eigenvalue weighted by molar-refractivity contribution is 5.50. The van der Waals surface area contributed by atoms with E-state index < -0.39 is 18.0 Å². The first kappa shape index (κ1) is 16.6. The number of hydrogen-bond acceptors (Lipinski definition) is 7. The third-order valence-corrected chi connectivity index (χ3v) is 3.99. The lowest BCUT2D eigenvalue weighted by atomic mass is 10.0. The Hall–Kier alpha value is -2.82. The number of alkyl halides is 3. The van der Waals surface area contributed by atoms with Gasteiger partial charge in [-0.25, -0.2) is 9.07 Å². The number of halogens is 3. The summed E-state index contributed by atoms with van der Waals surface area (Å²) in [4.78, 5) is 4.21. The summed E-state index contributed by atoms with van der Waals surface area (Å²) >= 11 is 0. The number of nitrogens with zero attached hydrogens (tertiary/aromatic N) is 6. The summed E-state index contributed by atoms with van der Waals surface area (Å²) in [7, 11) is 0. The van der Waals surface area contributed by atoms with Gasteiger partial charge in [-0.05, 0) is 12.1 Å². The first-order chi connectivity index (χ1) is 12.5. The van der Waals surface area contributed by atoms with E-state index in [0.717, 1.165) is 0 Å². The van der Waals surface area contributed by atoms with E-state index in [2.05, 4.69) is 25.5 Å². The second-order valence-corrected chi connectivity index (χ2v) is 5.85. The van der Waals surface area contributed by atoms with Crippen LogP contribution in [0.4, 0.5) is 13.2 Å². The summed E-state index contributed by atoms with van der Waals surface area (Å²) in [6, 6.07) is 3.28.